The maximum atomic E-state index is 6.39. The number of aryl methyl sites for hydroxylation is 1. The summed E-state index contributed by atoms with van der Waals surface area (Å²) in [5.41, 5.74) is 1.30. The van der Waals surface area contributed by atoms with Gasteiger partial charge in [0, 0.05) is 13.2 Å². The molecule has 0 aliphatic rings. The average Bonchev–Trinajstić information content (AvgIpc) is 2.57. The molecule has 2 rings (SSSR count). The Morgan fingerprint density at radius 2 is 1.45 bits per heavy atom. The molecule has 0 bridgehead atoms. The second kappa shape index (κ2) is 8.88. The van der Waals surface area contributed by atoms with E-state index in [2.05, 4.69) is 80.3 Å². The molecule has 0 aliphatic carbocycles. The van der Waals surface area contributed by atoms with Gasteiger partial charge in [-0.15, -0.1) is 0 Å². The van der Waals surface area contributed by atoms with Crippen LogP contribution in [0.3, 0.4) is 0 Å². The van der Waals surface area contributed by atoms with Crippen LogP contribution < -0.4 is 10.4 Å². The summed E-state index contributed by atoms with van der Waals surface area (Å²) in [7, 11) is -1.58. The lowest BCUT2D eigenvalue weighted by Gasteiger charge is -2.22. The second-order valence-electron chi connectivity index (χ2n) is 5.60. The Labute approximate surface area is 136 Å². The van der Waals surface area contributed by atoms with Crippen LogP contribution in [0.2, 0.25) is 0 Å². The second-order valence-corrected chi connectivity index (χ2v) is 8.03. The van der Waals surface area contributed by atoms with Crippen molar-refractivity contribution in [2.75, 3.05) is 26.2 Å². The van der Waals surface area contributed by atoms with Crippen molar-refractivity contribution in [2.45, 2.75) is 20.8 Å². The first kappa shape index (κ1) is 16.9. The van der Waals surface area contributed by atoms with Gasteiger partial charge in [0.1, 0.15) is 0 Å². The van der Waals surface area contributed by atoms with Crippen molar-refractivity contribution in [3.8, 4) is 0 Å². The van der Waals surface area contributed by atoms with E-state index in [0.717, 1.165) is 26.2 Å². The van der Waals surface area contributed by atoms with Crippen LogP contribution in [0.1, 0.15) is 19.4 Å². The third-order valence-corrected chi connectivity index (χ3v) is 6.62. The van der Waals surface area contributed by atoms with Crippen LogP contribution in [0, 0.1) is 6.92 Å². The molecule has 1 unspecified atom stereocenters. The Morgan fingerprint density at radius 3 is 2.05 bits per heavy atom. The monoisotopic (exact) mass is 313 g/mol. The Balaban J connectivity index is 2.10. The topological polar surface area (TPSA) is 12.5 Å². The van der Waals surface area contributed by atoms with Gasteiger partial charge in [-0.05, 0) is 30.4 Å². The minimum absolute atomic E-state index is 0.807. The van der Waals surface area contributed by atoms with Crippen molar-refractivity contribution in [1.29, 1.82) is 0 Å². The number of hydrogen-bond acceptors (Lipinski definition) is 2. The largest absolute Gasteiger partial charge is 0.410 e. The summed E-state index contributed by atoms with van der Waals surface area (Å²) in [6.07, 6.45) is 0. The van der Waals surface area contributed by atoms with Crippen LogP contribution in [0.4, 0.5) is 0 Å². The van der Waals surface area contributed by atoms with Gasteiger partial charge in [0.2, 0.25) is 9.04 Å². The van der Waals surface area contributed by atoms with Gasteiger partial charge in [-0.3, -0.25) is 0 Å². The predicted molar refractivity (Wildman–Crippen MR) is 97.8 cm³/mol. The van der Waals surface area contributed by atoms with E-state index >= 15 is 0 Å². The van der Waals surface area contributed by atoms with E-state index in [0.29, 0.717) is 0 Å². The van der Waals surface area contributed by atoms with Crippen molar-refractivity contribution in [1.82, 2.24) is 4.90 Å². The molecule has 0 spiro atoms. The lowest BCUT2D eigenvalue weighted by Crippen LogP contribution is -2.46. The summed E-state index contributed by atoms with van der Waals surface area (Å²) >= 11 is 0. The van der Waals surface area contributed by atoms with Crippen molar-refractivity contribution in [3.05, 3.63) is 60.2 Å². The number of benzene rings is 2. The van der Waals surface area contributed by atoms with Crippen molar-refractivity contribution < 1.29 is 4.43 Å². The molecule has 1 atom stereocenters. The van der Waals surface area contributed by atoms with E-state index in [1.807, 2.05) is 0 Å². The molecule has 0 aliphatic heterocycles. The van der Waals surface area contributed by atoms with Crippen molar-refractivity contribution in [2.24, 2.45) is 0 Å². The molecule has 0 N–H and O–H groups in total. The molecule has 22 heavy (non-hydrogen) atoms. The first-order chi connectivity index (χ1) is 10.7. The summed E-state index contributed by atoms with van der Waals surface area (Å²) in [6, 6.07) is 19.5. The molecule has 0 saturated heterocycles. The molecule has 0 radical (unpaired) electrons. The number of likely N-dealkylation sites (N-methyl/N-ethyl adjacent to an activating group) is 1. The van der Waals surface area contributed by atoms with E-state index in [9.17, 15) is 0 Å². The summed E-state index contributed by atoms with van der Waals surface area (Å²) < 4.78 is 6.39. The average molecular weight is 314 g/mol. The normalized spacial score (nSPS) is 12.5. The molecule has 0 aromatic heterocycles. The minimum atomic E-state index is -1.58. The highest BCUT2D eigenvalue weighted by molar-refractivity contribution is 6.80. The summed E-state index contributed by atoms with van der Waals surface area (Å²) in [5.74, 6) is 0. The van der Waals surface area contributed by atoms with Gasteiger partial charge in [-0.2, -0.15) is 0 Å². The van der Waals surface area contributed by atoms with E-state index in [1.165, 1.54) is 15.9 Å². The molecule has 3 heteroatoms. The summed E-state index contributed by atoms with van der Waals surface area (Å²) in [5, 5.41) is 2.71. The Kier molecular flexibility index (Phi) is 6.84. The maximum Gasteiger partial charge on any atom is 0.239 e. The quantitative estimate of drug-likeness (QED) is 0.693. The molecule has 2 aromatic carbocycles. The fourth-order valence-corrected chi connectivity index (χ4v) is 4.82. The molecule has 2 aromatic rings. The lowest BCUT2D eigenvalue weighted by molar-refractivity contribution is 0.227. The fourth-order valence-electron chi connectivity index (χ4n) is 2.59. The molecule has 0 amide bonds. The van der Waals surface area contributed by atoms with Crippen molar-refractivity contribution in [3.63, 3.8) is 0 Å². The third kappa shape index (κ3) is 4.80. The molecule has 2 nitrogen and oxygen atoms in total. The van der Waals surface area contributed by atoms with Crippen LogP contribution in [-0.2, 0) is 4.43 Å². The van der Waals surface area contributed by atoms with Gasteiger partial charge >= 0.3 is 0 Å². The zero-order valence-electron chi connectivity index (χ0n) is 14.0. The molecule has 0 saturated carbocycles. The van der Waals surface area contributed by atoms with Gasteiger partial charge in [-0.1, -0.05) is 74.0 Å². The van der Waals surface area contributed by atoms with Crippen LogP contribution in [-0.4, -0.2) is 40.2 Å². The van der Waals surface area contributed by atoms with Gasteiger partial charge < -0.3 is 9.33 Å². The van der Waals surface area contributed by atoms with E-state index in [-0.39, 0.29) is 0 Å². The fraction of sp³-hybridized carbons (Fsp3) is 0.368. The minimum Gasteiger partial charge on any atom is -0.410 e. The van der Waals surface area contributed by atoms with E-state index < -0.39 is 9.04 Å². The predicted octanol–water partition coefficient (Wildman–Crippen LogP) is 2.19. The van der Waals surface area contributed by atoms with Gasteiger partial charge in [0.25, 0.3) is 0 Å². The highest BCUT2D eigenvalue weighted by Gasteiger charge is 2.17. The van der Waals surface area contributed by atoms with Crippen LogP contribution in [0.5, 0.6) is 0 Å². The zero-order chi connectivity index (χ0) is 15.8. The van der Waals surface area contributed by atoms with Crippen LogP contribution in [0.25, 0.3) is 0 Å². The number of nitrogens with zero attached hydrogens (tertiary/aromatic N) is 1. The first-order valence-electron chi connectivity index (χ1n) is 8.20. The van der Waals surface area contributed by atoms with Crippen LogP contribution in [0.15, 0.2) is 54.6 Å². The van der Waals surface area contributed by atoms with E-state index in [1.54, 1.807) is 0 Å². The summed E-state index contributed by atoms with van der Waals surface area (Å²) in [4.78, 5) is 2.41. The van der Waals surface area contributed by atoms with Crippen molar-refractivity contribution >= 4 is 19.4 Å². The Bertz CT molecular complexity index is 537. The first-order valence-corrected chi connectivity index (χ1v) is 9.82. The summed E-state index contributed by atoms with van der Waals surface area (Å²) in [6.45, 7) is 10.5. The van der Waals surface area contributed by atoms with Gasteiger partial charge in [0.05, 0.1) is 0 Å². The lowest BCUT2D eigenvalue weighted by atomic mass is 10.2. The molecule has 118 valence electrons. The molecular formula is C19H27NOSi. The Morgan fingerprint density at radius 1 is 0.864 bits per heavy atom. The maximum absolute atomic E-state index is 6.39. The molecular weight excluding hydrogens is 286 g/mol. The zero-order valence-corrected chi connectivity index (χ0v) is 15.1. The van der Waals surface area contributed by atoms with Gasteiger partial charge in [-0.25, -0.2) is 0 Å². The van der Waals surface area contributed by atoms with E-state index in [4.69, 9.17) is 4.43 Å². The highest BCUT2D eigenvalue weighted by atomic mass is 28.3. The smallest absolute Gasteiger partial charge is 0.239 e. The number of rotatable bonds is 8. The number of hydrogen-bond donors (Lipinski definition) is 0. The standard InChI is InChI=1S/C19H27NOSi/c1-4-20(5-2)15-16-21-22(18-9-7-6-8-10-18)19-13-11-17(3)12-14-19/h6-14,22H,4-5,15-16H2,1-3H3. The highest BCUT2D eigenvalue weighted by Crippen LogP contribution is 1.99. The molecule has 0 heterocycles. The van der Waals surface area contributed by atoms with Gasteiger partial charge in [0.15, 0.2) is 0 Å². The molecule has 0 fully saturated rings. The van der Waals surface area contributed by atoms with Crippen LogP contribution >= 0.6 is 0 Å². The Hall–Kier alpha value is -1.42. The SMILES string of the molecule is CCN(CC)CCO[SiH](c1ccccc1)c1ccc(C)cc1. The third-order valence-electron chi connectivity index (χ3n) is 4.07.